The number of nitrogens with two attached hydrogens (primary N) is 1. The number of aliphatic hydroxyl groups is 1. The smallest absolute Gasteiger partial charge is 0.225 e. The minimum absolute atomic E-state index is 0.101. The number of carbonyl (C=O) groups is 1. The van der Waals surface area contributed by atoms with Crippen molar-refractivity contribution >= 4 is 5.91 Å². The van der Waals surface area contributed by atoms with Crippen molar-refractivity contribution in [3.8, 4) is 0 Å². The van der Waals surface area contributed by atoms with E-state index in [1.807, 2.05) is 44.2 Å². The lowest BCUT2D eigenvalue weighted by molar-refractivity contribution is -0.127. The zero-order valence-electron chi connectivity index (χ0n) is 11.0. The van der Waals surface area contributed by atoms with E-state index in [-0.39, 0.29) is 30.4 Å². The number of amides is 1. The molecule has 2 atom stereocenters. The number of hydrogen-bond acceptors (Lipinski definition) is 3. The summed E-state index contributed by atoms with van der Waals surface area (Å²) in [6.07, 6.45) is 0. The van der Waals surface area contributed by atoms with Crippen molar-refractivity contribution in [2.75, 3.05) is 13.2 Å². The average Bonchev–Trinajstić information content (AvgIpc) is 2.37. The molecular weight excluding hydrogens is 228 g/mol. The van der Waals surface area contributed by atoms with Crippen LogP contribution < -0.4 is 11.1 Å². The maximum atomic E-state index is 12.1. The first-order valence-corrected chi connectivity index (χ1v) is 6.26. The van der Waals surface area contributed by atoms with Gasteiger partial charge in [-0.05, 0) is 11.5 Å². The normalized spacial score (nSPS) is 14.3. The molecule has 100 valence electrons. The molecule has 0 spiro atoms. The molecule has 1 amide bonds. The summed E-state index contributed by atoms with van der Waals surface area (Å²) in [6.45, 7) is 4.13. The molecule has 0 bridgehead atoms. The van der Waals surface area contributed by atoms with Crippen molar-refractivity contribution < 1.29 is 9.90 Å². The number of hydrogen-bond donors (Lipinski definition) is 3. The summed E-state index contributed by atoms with van der Waals surface area (Å²) in [4.78, 5) is 12.1. The Morgan fingerprint density at radius 1 is 1.33 bits per heavy atom. The highest BCUT2D eigenvalue weighted by Gasteiger charge is 2.23. The first-order chi connectivity index (χ1) is 8.60. The van der Waals surface area contributed by atoms with Crippen molar-refractivity contribution in [1.82, 2.24) is 5.32 Å². The third-order valence-corrected chi connectivity index (χ3v) is 3.10. The molecule has 0 saturated carbocycles. The zero-order chi connectivity index (χ0) is 13.5. The highest BCUT2D eigenvalue weighted by Crippen LogP contribution is 2.15. The monoisotopic (exact) mass is 250 g/mol. The number of rotatable bonds is 6. The molecule has 4 heteroatoms. The van der Waals surface area contributed by atoms with Crippen LogP contribution in [-0.2, 0) is 4.79 Å². The van der Waals surface area contributed by atoms with Crippen LogP contribution >= 0.6 is 0 Å². The van der Waals surface area contributed by atoms with E-state index in [1.54, 1.807) is 0 Å². The second-order valence-corrected chi connectivity index (χ2v) is 4.74. The van der Waals surface area contributed by atoms with Crippen molar-refractivity contribution in [1.29, 1.82) is 0 Å². The first-order valence-electron chi connectivity index (χ1n) is 6.26. The van der Waals surface area contributed by atoms with Gasteiger partial charge in [-0.15, -0.1) is 0 Å². The minimum atomic E-state index is -0.369. The summed E-state index contributed by atoms with van der Waals surface area (Å²) in [5.74, 6) is -0.136. The predicted octanol–water partition coefficient (Wildman–Crippen LogP) is 1.07. The summed E-state index contributed by atoms with van der Waals surface area (Å²) in [7, 11) is 0. The number of aliphatic hydroxyl groups excluding tert-OH is 1. The maximum absolute atomic E-state index is 12.1. The van der Waals surface area contributed by atoms with Gasteiger partial charge in [0.05, 0.1) is 18.6 Å². The molecule has 1 aromatic carbocycles. The Balaban J connectivity index is 2.72. The highest BCUT2D eigenvalue weighted by atomic mass is 16.3. The van der Waals surface area contributed by atoms with E-state index in [2.05, 4.69) is 5.32 Å². The second kappa shape index (κ2) is 7.13. The van der Waals surface area contributed by atoms with Crippen LogP contribution in [0.15, 0.2) is 30.3 Å². The topological polar surface area (TPSA) is 75.4 Å². The summed E-state index contributed by atoms with van der Waals surface area (Å²) in [5.41, 5.74) is 6.50. The maximum Gasteiger partial charge on any atom is 0.225 e. The van der Waals surface area contributed by atoms with Gasteiger partial charge in [-0.2, -0.15) is 0 Å². The predicted molar refractivity (Wildman–Crippen MR) is 71.8 cm³/mol. The van der Waals surface area contributed by atoms with Gasteiger partial charge in [0.15, 0.2) is 0 Å². The van der Waals surface area contributed by atoms with E-state index in [0.717, 1.165) is 5.56 Å². The van der Waals surface area contributed by atoms with Gasteiger partial charge in [0.1, 0.15) is 0 Å². The van der Waals surface area contributed by atoms with Crippen LogP contribution in [0.3, 0.4) is 0 Å². The van der Waals surface area contributed by atoms with E-state index in [0.29, 0.717) is 6.54 Å². The lowest BCUT2D eigenvalue weighted by Crippen LogP contribution is -2.40. The zero-order valence-corrected chi connectivity index (χ0v) is 11.0. The Hall–Kier alpha value is -1.39. The Labute approximate surface area is 108 Å². The minimum Gasteiger partial charge on any atom is -0.394 e. The van der Waals surface area contributed by atoms with E-state index >= 15 is 0 Å². The molecule has 0 aliphatic carbocycles. The van der Waals surface area contributed by atoms with Crippen LogP contribution in [0, 0.1) is 11.8 Å². The lowest BCUT2D eigenvalue weighted by atomic mass is 9.94. The fourth-order valence-electron chi connectivity index (χ4n) is 1.88. The molecule has 4 nitrogen and oxygen atoms in total. The molecule has 0 aliphatic rings. The average molecular weight is 250 g/mol. The Morgan fingerprint density at radius 3 is 2.39 bits per heavy atom. The third kappa shape index (κ3) is 3.82. The molecule has 4 N–H and O–H groups in total. The van der Waals surface area contributed by atoms with E-state index in [9.17, 15) is 9.90 Å². The van der Waals surface area contributed by atoms with Gasteiger partial charge in [-0.25, -0.2) is 0 Å². The Morgan fingerprint density at radius 2 is 1.94 bits per heavy atom. The van der Waals surface area contributed by atoms with Gasteiger partial charge >= 0.3 is 0 Å². The number of nitrogens with one attached hydrogen (secondary N) is 1. The molecule has 0 aliphatic heterocycles. The summed E-state index contributed by atoms with van der Waals surface area (Å²) >= 11 is 0. The van der Waals surface area contributed by atoms with Crippen LogP contribution in [0.2, 0.25) is 0 Å². The van der Waals surface area contributed by atoms with E-state index in [4.69, 9.17) is 5.73 Å². The molecule has 0 fully saturated rings. The molecule has 1 aromatic rings. The van der Waals surface area contributed by atoms with Crippen molar-refractivity contribution in [2.24, 2.45) is 17.6 Å². The van der Waals surface area contributed by atoms with Gasteiger partial charge in [0, 0.05) is 6.54 Å². The largest absolute Gasteiger partial charge is 0.394 e. The van der Waals surface area contributed by atoms with Crippen LogP contribution in [0.25, 0.3) is 0 Å². The van der Waals surface area contributed by atoms with Crippen molar-refractivity contribution in [2.45, 2.75) is 19.9 Å². The standard InChI is InChI=1S/C14H22N2O2/c1-10(2)12(8-15)14(18)16-13(9-17)11-6-4-3-5-7-11/h3-7,10,12-13,17H,8-9,15H2,1-2H3,(H,16,18). The lowest BCUT2D eigenvalue weighted by Gasteiger charge is -2.23. The molecule has 0 radical (unpaired) electrons. The summed E-state index contributed by atoms with van der Waals surface area (Å²) in [6, 6.07) is 9.06. The van der Waals surface area contributed by atoms with Gasteiger partial charge in [0.25, 0.3) is 0 Å². The van der Waals surface area contributed by atoms with Crippen LogP contribution in [-0.4, -0.2) is 24.2 Å². The van der Waals surface area contributed by atoms with Crippen LogP contribution in [0.5, 0.6) is 0 Å². The second-order valence-electron chi connectivity index (χ2n) is 4.74. The van der Waals surface area contributed by atoms with Gasteiger partial charge < -0.3 is 16.2 Å². The van der Waals surface area contributed by atoms with Crippen molar-refractivity contribution in [3.63, 3.8) is 0 Å². The Bertz CT molecular complexity index is 365. The molecule has 0 aromatic heterocycles. The molecule has 0 heterocycles. The molecule has 18 heavy (non-hydrogen) atoms. The Kier molecular flexibility index (Phi) is 5.82. The van der Waals surface area contributed by atoms with Gasteiger partial charge in [0.2, 0.25) is 5.91 Å². The van der Waals surface area contributed by atoms with Gasteiger partial charge in [-0.1, -0.05) is 44.2 Å². The fraction of sp³-hybridized carbons (Fsp3) is 0.500. The quantitative estimate of drug-likeness (QED) is 0.707. The highest BCUT2D eigenvalue weighted by molar-refractivity contribution is 5.79. The number of benzene rings is 1. The van der Waals surface area contributed by atoms with Gasteiger partial charge in [-0.3, -0.25) is 4.79 Å². The number of carbonyl (C=O) groups excluding carboxylic acids is 1. The van der Waals surface area contributed by atoms with Crippen LogP contribution in [0.1, 0.15) is 25.5 Å². The molecule has 0 saturated heterocycles. The molecule has 2 unspecified atom stereocenters. The SMILES string of the molecule is CC(C)C(CN)C(=O)NC(CO)c1ccccc1. The van der Waals surface area contributed by atoms with E-state index < -0.39 is 0 Å². The molecular formula is C14H22N2O2. The van der Waals surface area contributed by atoms with E-state index in [1.165, 1.54) is 0 Å². The van der Waals surface area contributed by atoms with Crippen LogP contribution in [0.4, 0.5) is 0 Å². The summed E-state index contributed by atoms with van der Waals surface area (Å²) in [5, 5.41) is 12.2. The summed E-state index contributed by atoms with van der Waals surface area (Å²) < 4.78 is 0. The third-order valence-electron chi connectivity index (χ3n) is 3.10. The first kappa shape index (κ1) is 14.7. The van der Waals surface area contributed by atoms with Crippen molar-refractivity contribution in [3.05, 3.63) is 35.9 Å². The molecule has 1 rings (SSSR count). The fourth-order valence-corrected chi connectivity index (χ4v) is 1.88.